The number of benzene rings is 1. The van der Waals surface area contributed by atoms with Crippen molar-refractivity contribution in [2.24, 2.45) is 22.6 Å². The Morgan fingerprint density at radius 2 is 1.83 bits per heavy atom. The van der Waals surface area contributed by atoms with E-state index in [9.17, 15) is 0 Å². The number of guanidine groups is 1. The Morgan fingerprint density at radius 3 is 2.42 bits per heavy atom. The quantitative estimate of drug-likeness (QED) is 0.616. The molecule has 0 spiro atoms. The van der Waals surface area contributed by atoms with Crippen molar-refractivity contribution in [2.45, 2.75) is 47.0 Å². The van der Waals surface area contributed by atoms with Crippen molar-refractivity contribution in [2.75, 3.05) is 31.5 Å². The van der Waals surface area contributed by atoms with Gasteiger partial charge in [-0.15, -0.1) is 0 Å². The van der Waals surface area contributed by atoms with Crippen LogP contribution in [-0.2, 0) is 0 Å². The minimum Gasteiger partial charge on any atom is -0.370 e. The molecule has 0 atom stereocenters. The Bertz CT molecular complexity index is 522. The minimum atomic E-state index is 0.530. The van der Waals surface area contributed by atoms with Gasteiger partial charge in [0, 0.05) is 12.2 Å². The molecule has 2 rings (SSSR count). The monoisotopic (exact) mass is 330 g/mol. The Hall–Kier alpha value is -1.55. The third kappa shape index (κ3) is 6.52. The molecule has 24 heavy (non-hydrogen) atoms. The zero-order valence-electron chi connectivity index (χ0n) is 15.8. The van der Waals surface area contributed by atoms with E-state index in [0.717, 1.165) is 18.2 Å². The van der Waals surface area contributed by atoms with Gasteiger partial charge < -0.3 is 16.0 Å². The van der Waals surface area contributed by atoms with Gasteiger partial charge in [0.15, 0.2) is 5.96 Å². The Kier molecular flexibility index (Phi) is 7.10. The van der Waals surface area contributed by atoms with E-state index < -0.39 is 0 Å². The predicted molar refractivity (Wildman–Crippen MR) is 105 cm³/mol. The van der Waals surface area contributed by atoms with Gasteiger partial charge in [-0.1, -0.05) is 19.9 Å². The molecular formula is C20H34N4. The number of nitrogens with zero attached hydrogens (tertiary/aromatic N) is 2. The maximum absolute atomic E-state index is 6.06. The summed E-state index contributed by atoms with van der Waals surface area (Å²) in [7, 11) is 0. The second kappa shape index (κ2) is 9.07. The molecule has 1 aromatic carbocycles. The van der Waals surface area contributed by atoms with E-state index >= 15 is 0 Å². The minimum absolute atomic E-state index is 0.530. The lowest BCUT2D eigenvalue weighted by Crippen LogP contribution is -2.36. The highest BCUT2D eigenvalue weighted by atomic mass is 15.1. The van der Waals surface area contributed by atoms with Crippen molar-refractivity contribution < 1.29 is 0 Å². The first kappa shape index (κ1) is 18.8. The van der Waals surface area contributed by atoms with Crippen molar-refractivity contribution in [1.29, 1.82) is 0 Å². The van der Waals surface area contributed by atoms with Crippen LogP contribution in [0.15, 0.2) is 23.2 Å². The Balaban J connectivity index is 1.75. The lowest BCUT2D eigenvalue weighted by Gasteiger charge is -2.31. The first-order valence-corrected chi connectivity index (χ1v) is 9.30. The number of anilines is 1. The third-order valence-electron chi connectivity index (χ3n) is 4.74. The van der Waals surface area contributed by atoms with Crippen molar-refractivity contribution in [3.05, 3.63) is 29.3 Å². The average Bonchev–Trinajstić information content (AvgIpc) is 2.51. The predicted octanol–water partition coefficient (Wildman–Crippen LogP) is 3.79. The maximum Gasteiger partial charge on any atom is 0.193 e. The number of rotatable bonds is 6. The summed E-state index contributed by atoms with van der Waals surface area (Å²) >= 11 is 0. The van der Waals surface area contributed by atoms with E-state index in [1.807, 2.05) is 0 Å². The van der Waals surface area contributed by atoms with Gasteiger partial charge in [0.1, 0.15) is 0 Å². The second-order valence-corrected chi connectivity index (χ2v) is 7.69. The van der Waals surface area contributed by atoms with E-state index in [2.05, 4.69) is 61.1 Å². The highest BCUT2D eigenvalue weighted by Crippen LogP contribution is 2.18. The van der Waals surface area contributed by atoms with Crippen LogP contribution >= 0.6 is 0 Å². The van der Waals surface area contributed by atoms with E-state index in [0.29, 0.717) is 11.9 Å². The molecule has 4 heteroatoms. The van der Waals surface area contributed by atoms with Crippen LogP contribution in [-0.4, -0.2) is 37.0 Å². The van der Waals surface area contributed by atoms with Crippen LogP contribution < -0.4 is 11.1 Å². The van der Waals surface area contributed by atoms with Crippen LogP contribution in [0, 0.1) is 25.7 Å². The summed E-state index contributed by atoms with van der Waals surface area (Å²) in [6.07, 6.45) is 3.77. The highest BCUT2D eigenvalue weighted by molar-refractivity contribution is 5.92. The van der Waals surface area contributed by atoms with Crippen molar-refractivity contribution >= 4 is 11.6 Å². The lowest BCUT2D eigenvalue weighted by atomic mass is 9.96. The van der Waals surface area contributed by atoms with Crippen LogP contribution in [0.4, 0.5) is 5.69 Å². The number of piperidine rings is 1. The maximum atomic E-state index is 6.06. The summed E-state index contributed by atoms with van der Waals surface area (Å²) in [6.45, 7) is 13.3. The van der Waals surface area contributed by atoms with Gasteiger partial charge in [0.2, 0.25) is 0 Å². The summed E-state index contributed by atoms with van der Waals surface area (Å²) in [5.41, 5.74) is 9.56. The van der Waals surface area contributed by atoms with Gasteiger partial charge in [-0.3, -0.25) is 4.99 Å². The van der Waals surface area contributed by atoms with E-state index in [-0.39, 0.29) is 0 Å². The van der Waals surface area contributed by atoms with Gasteiger partial charge in [-0.05, 0) is 87.8 Å². The molecule has 4 nitrogen and oxygen atoms in total. The first-order valence-electron chi connectivity index (χ1n) is 9.30. The molecule has 1 heterocycles. The molecule has 3 N–H and O–H groups in total. The molecule has 1 aliphatic rings. The number of hydrogen-bond donors (Lipinski definition) is 2. The number of hydrogen-bond acceptors (Lipinski definition) is 2. The SMILES string of the molecule is Cc1cc(C)cc(NC(N)=NCC2CCN(CCC(C)C)CC2)c1. The van der Waals surface area contributed by atoms with Gasteiger partial charge in [-0.25, -0.2) is 0 Å². The van der Waals surface area contributed by atoms with Gasteiger partial charge in [0.25, 0.3) is 0 Å². The topological polar surface area (TPSA) is 53.6 Å². The second-order valence-electron chi connectivity index (χ2n) is 7.69. The molecule has 0 aromatic heterocycles. The van der Waals surface area contributed by atoms with Gasteiger partial charge in [0.05, 0.1) is 0 Å². The number of likely N-dealkylation sites (tertiary alicyclic amines) is 1. The summed E-state index contributed by atoms with van der Waals surface area (Å²) in [6, 6.07) is 6.36. The fourth-order valence-corrected chi connectivity index (χ4v) is 3.30. The summed E-state index contributed by atoms with van der Waals surface area (Å²) in [5.74, 6) is 1.99. The molecule has 134 valence electrons. The molecular weight excluding hydrogens is 296 g/mol. The molecule has 0 saturated carbocycles. The third-order valence-corrected chi connectivity index (χ3v) is 4.74. The van der Waals surface area contributed by atoms with Crippen LogP contribution in [0.25, 0.3) is 0 Å². The molecule has 0 bridgehead atoms. The zero-order valence-corrected chi connectivity index (χ0v) is 15.8. The van der Waals surface area contributed by atoms with Crippen LogP contribution in [0.2, 0.25) is 0 Å². The number of nitrogens with two attached hydrogens (primary N) is 1. The first-order chi connectivity index (χ1) is 11.4. The fraction of sp³-hybridized carbons (Fsp3) is 0.650. The van der Waals surface area contributed by atoms with Crippen molar-refractivity contribution in [1.82, 2.24) is 4.90 Å². The van der Waals surface area contributed by atoms with Gasteiger partial charge in [-0.2, -0.15) is 0 Å². The van der Waals surface area contributed by atoms with Crippen LogP contribution in [0.3, 0.4) is 0 Å². The number of aliphatic imine (C=N–C) groups is 1. The summed E-state index contributed by atoms with van der Waals surface area (Å²) in [4.78, 5) is 7.16. The Labute approximate surface area is 147 Å². The Morgan fingerprint density at radius 1 is 1.21 bits per heavy atom. The molecule has 0 amide bonds. The van der Waals surface area contributed by atoms with E-state index in [1.165, 1.54) is 50.0 Å². The van der Waals surface area contributed by atoms with Crippen molar-refractivity contribution in [3.8, 4) is 0 Å². The summed E-state index contributed by atoms with van der Waals surface area (Å²) < 4.78 is 0. The molecule has 0 unspecified atom stereocenters. The number of aryl methyl sites for hydroxylation is 2. The van der Waals surface area contributed by atoms with Crippen LogP contribution in [0.5, 0.6) is 0 Å². The van der Waals surface area contributed by atoms with E-state index in [1.54, 1.807) is 0 Å². The molecule has 1 aromatic rings. The fourth-order valence-electron chi connectivity index (χ4n) is 3.30. The summed E-state index contributed by atoms with van der Waals surface area (Å²) in [5, 5.41) is 3.22. The standard InChI is InChI=1S/C20H34N4/c1-15(2)5-8-24-9-6-18(7-10-24)14-22-20(21)23-19-12-16(3)11-17(4)13-19/h11-13,15,18H,5-10,14H2,1-4H3,(H3,21,22,23). The molecule has 1 fully saturated rings. The smallest absolute Gasteiger partial charge is 0.193 e. The lowest BCUT2D eigenvalue weighted by molar-refractivity contribution is 0.180. The zero-order chi connectivity index (χ0) is 17.5. The molecule has 0 aliphatic carbocycles. The number of nitrogens with one attached hydrogen (secondary N) is 1. The van der Waals surface area contributed by atoms with E-state index in [4.69, 9.17) is 5.73 Å². The average molecular weight is 331 g/mol. The van der Waals surface area contributed by atoms with Gasteiger partial charge >= 0.3 is 0 Å². The van der Waals surface area contributed by atoms with Crippen molar-refractivity contribution in [3.63, 3.8) is 0 Å². The van der Waals surface area contributed by atoms with Crippen LogP contribution in [0.1, 0.15) is 44.2 Å². The highest BCUT2D eigenvalue weighted by Gasteiger charge is 2.18. The normalized spacial score (nSPS) is 17.5. The molecule has 0 radical (unpaired) electrons. The largest absolute Gasteiger partial charge is 0.370 e. The molecule has 1 saturated heterocycles. The molecule has 1 aliphatic heterocycles.